The molecular weight excluding hydrogens is 244 g/mol. The monoisotopic (exact) mass is 268 g/mol. The zero-order chi connectivity index (χ0) is 14.4. The van der Waals surface area contributed by atoms with Gasteiger partial charge in [0.2, 0.25) is 0 Å². The number of allylic oxidation sites excluding steroid dienone is 1. The van der Waals surface area contributed by atoms with Crippen molar-refractivity contribution in [2.24, 2.45) is 11.8 Å². The summed E-state index contributed by atoms with van der Waals surface area (Å²) in [6.45, 7) is 5.97. The maximum atomic E-state index is 11.6. The van der Waals surface area contributed by atoms with E-state index in [1.807, 2.05) is 13.8 Å². The van der Waals surface area contributed by atoms with Gasteiger partial charge in [-0.05, 0) is 43.8 Å². The highest BCUT2D eigenvalue weighted by atomic mass is 16.5. The molecule has 0 aromatic heterocycles. The first kappa shape index (κ1) is 15.9. The van der Waals surface area contributed by atoms with Crippen molar-refractivity contribution in [2.45, 2.75) is 52.2 Å². The molecule has 0 aliphatic carbocycles. The number of carbonyl (C=O) groups is 2. The van der Waals surface area contributed by atoms with Crippen LogP contribution in [0.4, 0.5) is 0 Å². The average molecular weight is 268 g/mol. The number of carbonyl (C=O) groups excluding carboxylic acids is 2. The van der Waals surface area contributed by atoms with E-state index in [1.54, 1.807) is 6.08 Å². The maximum Gasteiger partial charge on any atom is 0.311 e. The number of hydrogen-bond acceptors (Lipinski definition) is 4. The third-order valence-corrected chi connectivity index (χ3v) is 3.93. The Morgan fingerprint density at radius 1 is 1.47 bits per heavy atom. The average Bonchev–Trinajstić information content (AvgIpc) is 2.44. The summed E-state index contributed by atoms with van der Waals surface area (Å²) in [5.41, 5.74) is 1.00. The molecule has 1 aliphatic rings. The highest BCUT2D eigenvalue weighted by Gasteiger charge is 2.35. The fourth-order valence-electron chi connectivity index (χ4n) is 2.63. The number of hydrogen-bond donors (Lipinski definition) is 0. The van der Waals surface area contributed by atoms with Gasteiger partial charge in [-0.2, -0.15) is 0 Å². The minimum Gasteiger partial charge on any atom is -0.469 e. The van der Waals surface area contributed by atoms with Gasteiger partial charge in [0.15, 0.2) is 0 Å². The molecule has 0 aromatic rings. The molecule has 0 spiro atoms. The molecule has 1 aliphatic heterocycles. The normalized spacial score (nSPS) is 29.7. The van der Waals surface area contributed by atoms with Crippen molar-refractivity contribution in [3.8, 4) is 0 Å². The lowest BCUT2D eigenvalue weighted by Gasteiger charge is -2.38. The van der Waals surface area contributed by atoms with Gasteiger partial charge in [0.1, 0.15) is 6.29 Å². The highest BCUT2D eigenvalue weighted by Crippen LogP contribution is 2.33. The van der Waals surface area contributed by atoms with E-state index < -0.39 is 0 Å². The van der Waals surface area contributed by atoms with Gasteiger partial charge in [-0.3, -0.25) is 9.59 Å². The Morgan fingerprint density at radius 2 is 2.16 bits per heavy atom. The second-order valence-corrected chi connectivity index (χ2v) is 5.19. The van der Waals surface area contributed by atoms with E-state index in [-0.39, 0.29) is 24.1 Å². The Kier molecular flexibility index (Phi) is 6.22. The fourth-order valence-corrected chi connectivity index (χ4v) is 2.63. The standard InChI is InChI=1S/C15H24O4/c1-5-12(8-9-16)14-10(2)6-7-13(19-14)11(3)15(17)18-4/h8-11,13-14H,5-7H2,1-4H3/b12-8+/t10-,11+,13+,14+/m0/s1. The summed E-state index contributed by atoms with van der Waals surface area (Å²) < 4.78 is 10.8. The fraction of sp³-hybridized carbons (Fsp3) is 0.733. The van der Waals surface area contributed by atoms with Crippen LogP contribution in [-0.2, 0) is 19.1 Å². The van der Waals surface area contributed by atoms with Crippen molar-refractivity contribution < 1.29 is 19.1 Å². The predicted molar refractivity (Wildman–Crippen MR) is 72.7 cm³/mol. The Bertz CT molecular complexity index is 348. The van der Waals surface area contributed by atoms with E-state index in [0.717, 1.165) is 31.1 Å². The molecule has 0 bridgehead atoms. The van der Waals surface area contributed by atoms with Crippen LogP contribution in [0.5, 0.6) is 0 Å². The molecule has 19 heavy (non-hydrogen) atoms. The molecule has 4 atom stereocenters. The van der Waals surface area contributed by atoms with Gasteiger partial charge in [0.25, 0.3) is 0 Å². The Balaban J connectivity index is 2.80. The SMILES string of the molecule is CC/C(=C\C=O)[C@@H]1O[C@@H]([C@@H](C)C(=O)OC)CC[C@@H]1C. The van der Waals surface area contributed by atoms with Gasteiger partial charge in [-0.1, -0.05) is 13.8 Å². The lowest BCUT2D eigenvalue weighted by molar-refractivity contribution is -0.156. The Morgan fingerprint density at radius 3 is 2.68 bits per heavy atom. The van der Waals surface area contributed by atoms with E-state index in [0.29, 0.717) is 5.92 Å². The molecule has 1 rings (SSSR count). The summed E-state index contributed by atoms with van der Waals surface area (Å²) in [6.07, 6.45) is 4.83. The molecule has 0 unspecified atom stereocenters. The Labute approximate surface area is 115 Å². The minimum absolute atomic E-state index is 0.0685. The van der Waals surface area contributed by atoms with Crippen LogP contribution in [0.1, 0.15) is 40.0 Å². The van der Waals surface area contributed by atoms with Crippen LogP contribution in [0.3, 0.4) is 0 Å². The van der Waals surface area contributed by atoms with E-state index >= 15 is 0 Å². The second kappa shape index (κ2) is 7.43. The summed E-state index contributed by atoms with van der Waals surface area (Å²) >= 11 is 0. The van der Waals surface area contributed by atoms with E-state index in [1.165, 1.54) is 7.11 Å². The van der Waals surface area contributed by atoms with Crippen LogP contribution in [0, 0.1) is 11.8 Å². The first-order valence-electron chi connectivity index (χ1n) is 6.92. The van der Waals surface area contributed by atoms with Crippen molar-refractivity contribution in [3.05, 3.63) is 11.6 Å². The van der Waals surface area contributed by atoms with Gasteiger partial charge < -0.3 is 9.47 Å². The van der Waals surface area contributed by atoms with Crippen molar-refractivity contribution in [1.82, 2.24) is 0 Å². The summed E-state index contributed by atoms with van der Waals surface area (Å²) in [6, 6.07) is 0. The smallest absolute Gasteiger partial charge is 0.311 e. The summed E-state index contributed by atoms with van der Waals surface area (Å²) in [5, 5.41) is 0. The number of ether oxygens (including phenoxy) is 2. The molecule has 0 saturated carbocycles. The van der Waals surface area contributed by atoms with Crippen molar-refractivity contribution in [2.75, 3.05) is 7.11 Å². The van der Waals surface area contributed by atoms with Gasteiger partial charge in [0, 0.05) is 0 Å². The van der Waals surface area contributed by atoms with E-state index in [4.69, 9.17) is 9.47 Å². The molecule has 1 heterocycles. The lowest BCUT2D eigenvalue weighted by Crippen LogP contribution is -2.40. The van der Waals surface area contributed by atoms with Crippen LogP contribution in [0.25, 0.3) is 0 Å². The molecule has 1 fully saturated rings. The summed E-state index contributed by atoms with van der Waals surface area (Å²) in [5.74, 6) is -0.141. The third-order valence-electron chi connectivity index (χ3n) is 3.93. The predicted octanol–water partition coefficient (Wildman–Crippen LogP) is 2.51. The first-order valence-corrected chi connectivity index (χ1v) is 6.92. The summed E-state index contributed by atoms with van der Waals surface area (Å²) in [7, 11) is 1.39. The number of aldehydes is 1. The van der Waals surface area contributed by atoms with Crippen LogP contribution in [0.2, 0.25) is 0 Å². The highest BCUT2D eigenvalue weighted by molar-refractivity contribution is 5.72. The van der Waals surface area contributed by atoms with Crippen LogP contribution < -0.4 is 0 Å². The molecular formula is C15H24O4. The van der Waals surface area contributed by atoms with Gasteiger partial charge in [-0.25, -0.2) is 0 Å². The zero-order valence-corrected chi connectivity index (χ0v) is 12.2. The van der Waals surface area contributed by atoms with Crippen molar-refractivity contribution in [3.63, 3.8) is 0 Å². The number of rotatable bonds is 5. The van der Waals surface area contributed by atoms with Gasteiger partial charge >= 0.3 is 5.97 Å². The second-order valence-electron chi connectivity index (χ2n) is 5.19. The van der Waals surface area contributed by atoms with Crippen LogP contribution in [-0.4, -0.2) is 31.6 Å². The topological polar surface area (TPSA) is 52.6 Å². The lowest BCUT2D eigenvalue weighted by atomic mass is 9.85. The third kappa shape index (κ3) is 3.90. The van der Waals surface area contributed by atoms with E-state index in [2.05, 4.69) is 6.92 Å². The maximum absolute atomic E-state index is 11.6. The first-order chi connectivity index (χ1) is 9.04. The minimum atomic E-state index is -0.269. The zero-order valence-electron chi connectivity index (χ0n) is 12.2. The number of esters is 1. The van der Waals surface area contributed by atoms with Crippen molar-refractivity contribution in [1.29, 1.82) is 0 Å². The molecule has 0 radical (unpaired) electrons. The van der Waals surface area contributed by atoms with Crippen LogP contribution in [0.15, 0.2) is 11.6 Å². The van der Waals surface area contributed by atoms with Crippen LogP contribution >= 0.6 is 0 Å². The summed E-state index contributed by atoms with van der Waals surface area (Å²) in [4.78, 5) is 22.3. The van der Waals surface area contributed by atoms with E-state index in [9.17, 15) is 9.59 Å². The largest absolute Gasteiger partial charge is 0.469 e. The number of methoxy groups -OCH3 is 1. The molecule has 4 nitrogen and oxygen atoms in total. The van der Waals surface area contributed by atoms with Gasteiger partial charge in [-0.15, -0.1) is 0 Å². The molecule has 0 amide bonds. The molecule has 108 valence electrons. The molecule has 0 N–H and O–H groups in total. The molecule has 0 aromatic carbocycles. The van der Waals surface area contributed by atoms with Gasteiger partial charge in [0.05, 0.1) is 25.2 Å². The molecule has 4 heteroatoms. The van der Waals surface area contributed by atoms with Crippen molar-refractivity contribution >= 4 is 12.3 Å². The quantitative estimate of drug-likeness (QED) is 0.437. The Hall–Kier alpha value is -1.16. The molecule has 1 saturated heterocycles.